The third-order valence-corrected chi connectivity index (χ3v) is 5.25. The summed E-state index contributed by atoms with van der Waals surface area (Å²) in [6, 6.07) is 9.62. The summed E-state index contributed by atoms with van der Waals surface area (Å²) in [5.74, 6) is 0.209. The number of hydrogen-bond donors (Lipinski definition) is 1. The van der Waals surface area contributed by atoms with Gasteiger partial charge >= 0.3 is 0 Å². The fourth-order valence-electron chi connectivity index (χ4n) is 3.28. The second kappa shape index (κ2) is 8.81. The molecule has 1 aromatic carbocycles. The Hall–Kier alpha value is -2.97. The minimum Gasteiger partial charge on any atom is -0.378 e. The molecule has 4 rings (SSSR count). The Bertz CT molecular complexity index is 1030. The van der Waals surface area contributed by atoms with Gasteiger partial charge in [0.2, 0.25) is 0 Å². The fraction of sp³-hybridized carbons (Fsp3) is 0.286. The van der Waals surface area contributed by atoms with Crippen LogP contribution in [0.25, 0.3) is 5.69 Å². The summed E-state index contributed by atoms with van der Waals surface area (Å²) >= 11 is 6.41. The average Bonchev–Trinajstić information content (AvgIpc) is 3.07. The number of anilines is 1. The van der Waals surface area contributed by atoms with E-state index in [2.05, 4.69) is 20.3 Å². The molecule has 156 valence electrons. The quantitative estimate of drug-likeness (QED) is 0.674. The van der Waals surface area contributed by atoms with E-state index in [1.54, 1.807) is 25.3 Å². The van der Waals surface area contributed by atoms with Crippen LogP contribution in [-0.4, -0.2) is 47.0 Å². The molecule has 3 aromatic rings. The van der Waals surface area contributed by atoms with Crippen molar-refractivity contribution in [2.45, 2.75) is 13.5 Å². The number of carbonyl (C=O) groups excluding carboxylic acids is 1. The van der Waals surface area contributed by atoms with Gasteiger partial charge in [-0.05, 0) is 42.8 Å². The van der Waals surface area contributed by atoms with Crippen LogP contribution in [-0.2, 0) is 11.3 Å². The van der Waals surface area contributed by atoms with E-state index >= 15 is 0 Å². The number of aryl methyl sites for hydroxylation is 1. The number of rotatable bonds is 5. The topological polar surface area (TPSA) is 72.3 Å². The molecule has 1 N–H and O–H groups in total. The van der Waals surface area contributed by atoms with Crippen LogP contribution in [0.4, 0.5) is 10.2 Å². The molecule has 3 heterocycles. The standard InChI is InChI=1S/C21H21ClFN5O2/c1-14-19(20(22)28(26-14)17-5-3-16(23)4-6-17)21(29)25-13-15-2-7-18(24-12-15)27-8-10-30-11-9-27/h2-7,12H,8-11,13H2,1H3,(H,25,29). The monoisotopic (exact) mass is 429 g/mol. The molecule has 0 unspecified atom stereocenters. The van der Waals surface area contributed by atoms with Crippen molar-refractivity contribution in [3.05, 3.63) is 70.4 Å². The normalized spacial score (nSPS) is 14.0. The zero-order valence-corrected chi connectivity index (χ0v) is 17.2. The lowest BCUT2D eigenvalue weighted by Gasteiger charge is -2.27. The number of halogens is 2. The third-order valence-electron chi connectivity index (χ3n) is 4.90. The lowest BCUT2D eigenvalue weighted by atomic mass is 10.2. The van der Waals surface area contributed by atoms with Crippen LogP contribution in [0, 0.1) is 12.7 Å². The molecule has 1 aliphatic heterocycles. The van der Waals surface area contributed by atoms with E-state index in [1.165, 1.54) is 16.8 Å². The highest BCUT2D eigenvalue weighted by molar-refractivity contribution is 6.33. The Morgan fingerprint density at radius 2 is 1.93 bits per heavy atom. The van der Waals surface area contributed by atoms with E-state index in [-0.39, 0.29) is 16.9 Å². The molecule has 7 nitrogen and oxygen atoms in total. The molecule has 0 saturated carbocycles. The Balaban J connectivity index is 1.43. The number of nitrogens with one attached hydrogen (secondary N) is 1. The van der Waals surface area contributed by atoms with Gasteiger partial charge in [-0.2, -0.15) is 5.10 Å². The second-order valence-electron chi connectivity index (χ2n) is 6.95. The van der Waals surface area contributed by atoms with Crippen molar-refractivity contribution < 1.29 is 13.9 Å². The van der Waals surface area contributed by atoms with Crippen LogP contribution in [0.1, 0.15) is 21.6 Å². The van der Waals surface area contributed by atoms with Gasteiger partial charge in [0, 0.05) is 25.8 Å². The van der Waals surface area contributed by atoms with Crippen molar-refractivity contribution in [3.8, 4) is 5.69 Å². The van der Waals surface area contributed by atoms with Crippen molar-refractivity contribution in [3.63, 3.8) is 0 Å². The van der Waals surface area contributed by atoms with Crippen LogP contribution in [0.15, 0.2) is 42.6 Å². The van der Waals surface area contributed by atoms with Gasteiger partial charge in [-0.3, -0.25) is 4.79 Å². The first-order chi connectivity index (χ1) is 14.5. The van der Waals surface area contributed by atoms with E-state index in [9.17, 15) is 9.18 Å². The minimum atomic E-state index is -0.357. The van der Waals surface area contributed by atoms with Gasteiger partial charge in [-0.15, -0.1) is 0 Å². The number of ether oxygens (including phenoxy) is 1. The molecule has 2 aromatic heterocycles. The largest absolute Gasteiger partial charge is 0.378 e. The van der Waals surface area contributed by atoms with Crippen molar-refractivity contribution in [2.75, 3.05) is 31.2 Å². The van der Waals surface area contributed by atoms with E-state index in [1.807, 2.05) is 12.1 Å². The molecule has 1 saturated heterocycles. The number of pyridine rings is 1. The molecule has 9 heteroatoms. The van der Waals surface area contributed by atoms with Crippen molar-refractivity contribution in [2.24, 2.45) is 0 Å². The van der Waals surface area contributed by atoms with Crippen molar-refractivity contribution in [1.82, 2.24) is 20.1 Å². The van der Waals surface area contributed by atoms with Gasteiger partial charge in [0.05, 0.1) is 30.2 Å². The zero-order chi connectivity index (χ0) is 21.1. The summed E-state index contributed by atoms with van der Waals surface area (Å²) in [6.45, 7) is 5.06. The Kier molecular flexibility index (Phi) is 5.96. The predicted molar refractivity (Wildman–Crippen MR) is 112 cm³/mol. The average molecular weight is 430 g/mol. The molecule has 0 radical (unpaired) electrons. The summed E-state index contributed by atoms with van der Waals surface area (Å²) in [5.41, 5.74) is 2.23. The predicted octanol–water partition coefficient (Wildman–Crippen LogP) is 3.13. The lowest BCUT2D eigenvalue weighted by Crippen LogP contribution is -2.36. The number of amides is 1. The summed E-state index contributed by atoms with van der Waals surface area (Å²) in [4.78, 5) is 19.4. The number of carbonyl (C=O) groups is 1. The Morgan fingerprint density at radius 3 is 2.60 bits per heavy atom. The fourth-order valence-corrected chi connectivity index (χ4v) is 3.64. The molecule has 0 aliphatic carbocycles. The molecule has 1 amide bonds. The molecule has 0 bridgehead atoms. The highest BCUT2D eigenvalue weighted by Crippen LogP contribution is 2.24. The highest BCUT2D eigenvalue weighted by atomic mass is 35.5. The number of benzene rings is 1. The zero-order valence-electron chi connectivity index (χ0n) is 16.4. The first-order valence-electron chi connectivity index (χ1n) is 9.60. The number of morpholine rings is 1. The maximum absolute atomic E-state index is 13.2. The minimum absolute atomic E-state index is 0.178. The van der Waals surface area contributed by atoms with Crippen LogP contribution in [0.2, 0.25) is 5.15 Å². The highest BCUT2D eigenvalue weighted by Gasteiger charge is 2.21. The molecular formula is C21H21ClFN5O2. The van der Waals surface area contributed by atoms with Crippen LogP contribution in [0.5, 0.6) is 0 Å². The smallest absolute Gasteiger partial charge is 0.256 e. The van der Waals surface area contributed by atoms with Gasteiger partial charge in [0.25, 0.3) is 5.91 Å². The lowest BCUT2D eigenvalue weighted by molar-refractivity contribution is 0.0950. The summed E-state index contributed by atoms with van der Waals surface area (Å²) in [5, 5.41) is 7.36. The molecular weight excluding hydrogens is 409 g/mol. The van der Waals surface area contributed by atoms with Gasteiger partial charge in [0.15, 0.2) is 0 Å². The molecule has 0 spiro atoms. The van der Waals surface area contributed by atoms with Crippen molar-refractivity contribution >= 4 is 23.3 Å². The summed E-state index contributed by atoms with van der Waals surface area (Å²) in [7, 11) is 0. The Morgan fingerprint density at radius 1 is 1.20 bits per heavy atom. The number of aromatic nitrogens is 3. The maximum atomic E-state index is 13.2. The number of hydrogen-bond acceptors (Lipinski definition) is 5. The summed E-state index contributed by atoms with van der Waals surface area (Å²) < 4.78 is 19.9. The van der Waals surface area contributed by atoms with Gasteiger partial charge < -0.3 is 15.0 Å². The molecule has 30 heavy (non-hydrogen) atoms. The third kappa shape index (κ3) is 4.29. The molecule has 1 aliphatic rings. The van der Waals surface area contributed by atoms with E-state index in [0.717, 1.165) is 24.5 Å². The van der Waals surface area contributed by atoms with E-state index in [4.69, 9.17) is 16.3 Å². The van der Waals surface area contributed by atoms with Gasteiger partial charge in [-0.1, -0.05) is 17.7 Å². The van der Waals surface area contributed by atoms with E-state index < -0.39 is 0 Å². The maximum Gasteiger partial charge on any atom is 0.256 e. The SMILES string of the molecule is Cc1nn(-c2ccc(F)cc2)c(Cl)c1C(=O)NCc1ccc(N2CCOCC2)nc1. The van der Waals surface area contributed by atoms with Crippen molar-refractivity contribution in [1.29, 1.82) is 0 Å². The van der Waals surface area contributed by atoms with Crippen LogP contribution < -0.4 is 10.2 Å². The van der Waals surface area contributed by atoms with Crippen LogP contribution in [0.3, 0.4) is 0 Å². The van der Waals surface area contributed by atoms with Gasteiger partial charge in [-0.25, -0.2) is 14.1 Å². The molecule has 0 atom stereocenters. The van der Waals surface area contributed by atoms with Crippen LogP contribution >= 0.6 is 11.6 Å². The van der Waals surface area contributed by atoms with Gasteiger partial charge in [0.1, 0.15) is 16.8 Å². The molecule has 1 fully saturated rings. The first-order valence-corrected chi connectivity index (χ1v) is 9.97. The first kappa shape index (κ1) is 20.3. The summed E-state index contributed by atoms with van der Waals surface area (Å²) in [6.07, 6.45) is 1.75. The van der Waals surface area contributed by atoms with E-state index in [0.29, 0.717) is 36.7 Å². The second-order valence-corrected chi connectivity index (χ2v) is 7.30. The Labute approximate surface area is 178 Å². The number of nitrogens with zero attached hydrogens (tertiary/aromatic N) is 4.